The summed E-state index contributed by atoms with van der Waals surface area (Å²) in [6.45, 7) is 8.25. The van der Waals surface area contributed by atoms with Crippen molar-refractivity contribution < 1.29 is 32.7 Å². The Morgan fingerprint density at radius 2 is 0.818 bits per heavy atom. The first-order valence-electron chi connectivity index (χ1n) is 2.41. The van der Waals surface area contributed by atoms with Crippen molar-refractivity contribution in [1.29, 1.82) is 0 Å². The molecule has 0 N–H and O–H groups in total. The van der Waals surface area contributed by atoms with E-state index in [1.54, 1.807) is 0 Å². The summed E-state index contributed by atoms with van der Waals surface area (Å²) in [7, 11) is 0. The summed E-state index contributed by atoms with van der Waals surface area (Å²) in [5.41, 5.74) is 0. The van der Waals surface area contributed by atoms with Gasteiger partial charge in [0.05, 0.1) is 0 Å². The van der Waals surface area contributed by atoms with Crippen LogP contribution in [0.3, 0.4) is 0 Å². The number of rotatable bonds is 0. The molecule has 4 radical (unpaired) electrons. The van der Waals surface area contributed by atoms with Crippen LogP contribution in [0.25, 0.3) is 0 Å². The number of hydrogen-bond acceptors (Lipinski definition) is 0. The van der Waals surface area contributed by atoms with Gasteiger partial charge in [-0.15, -0.1) is 0 Å². The SMILES string of the molecule is C.C.CC.CCC.[B].[CH3-].[CH3-].[Y]. The first-order valence-corrected chi connectivity index (χ1v) is 2.41. The summed E-state index contributed by atoms with van der Waals surface area (Å²) in [6, 6.07) is 0. The van der Waals surface area contributed by atoms with Crippen molar-refractivity contribution in [1.82, 2.24) is 0 Å². The summed E-state index contributed by atoms with van der Waals surface area (Å²) in [5.74, 6) is 0. The predicted molar refractivity (Wildman–Crippen MR) is 59.4 cm³/mol. The second-order valence-corrected chi connectivity index (χ2v) is 0.707. The summed E-state index contributed by atoms with van der Waals surface area (Å²) >= 11 is 0. The molecule has 0 aliphatic carbocycles. The van der Waals surface area contributed by atoms with E-state index in [4.69, 9.17) is 0 Å². The summed E-state index contributed by atoms with van der Waals surface area (Å²) in [5, 5.41) is 0. The van der Waals surface area contributed by atoms with Crippen LogP contribution < -0.4 is 0 Å². The molecule has 0 bridgehead atoms. The third kappa shape index (κ3) is 687. The van der Waals surface area contributed by atoms with Crippen LogP contribution in [0.2, 0.25) is 0 Å². The molecule has 2 heteroatoms. The van der Waals surface area contributed by atoms with Crippen LogP contribution in [0, 0.1) is 14.9 Å². The predicted octanol–water partition coefficient (Wildman–Crippen LogP) is 4.23. The Bertz CT molecular complexity index is 9.52. The minimum Gasteiger partial charge on any atom is -0.358 e. The maximum atomic E-state index is 2.12. The van der Waals surface area contributed by atoms with E-state index in [2.05, 4.69) is 13.8 Å². The van der Waals surface area contributed by atoms with Gasteiger partial charge in [-0.3, -0.25) is 0 Å². The molecule has 0 unspecified atom stereocenters. The summed E-state index contributed by atoms with van der Waals surface area (Å²) in [4.78, 5) is 0. The third-order valence-corrected chi connectivity index (χ3v) is 0. The second-order valence-electron chi connectivity index (χ2n) is 0.707. The van der Waals surface area contributed by atoms with Gasteiger partial charge < -0.3 is 14.9 Å². The molecule has 0 saturated heterocycles. The first kappa shape index (κ1) is 87.3. The molecule has 0 rings (SSSR count). The van der Waals surface area contributed by atoms with Gasteiger partial charge in [0.1, 0.15) is 0 Å². The molecule has 0 spiro atoms. The average molecular weight is 236 g/mol. The fraction of sp³-hybridized carbons (Fsp3) is 0.778. The summed E-state index contributed by atoms with van der Waals surface area (Å²) < 4.78 is 0. The fourth-order valence-electron chi connectivity index (χ4n) is 0. The largest absolute Gasteiger partial charge is 0.358 e. The second kappa shape index (κ2) is 246. The van der Waals surface area contributed by atoms with Crippen molar-refractivity contribution in [3.8, 4) is 0 Å². The van der Waals surface area contributed by atoms with Gasteiger partial charge in [-0.2, -0.15) is 0 Å². The minimum absolute atomic E-state index is 0. The fourth-order valence-corrected chi connectivity index (χ4v) is 0. The summed E-state index contributed by atoms with van der Waals surface area (Å²) in [6.07, 6.45) is 1.25. The zero-order chi connectivity index (χ0) is 4.71. The molecule has 0 fully saturated rings. The van der Waals surface area contributed by atoms with Crippen LogP contribution in [-0.2, 0) is 32.7 Å². The molecule has 0 nitrogen and oxygen atoms in total. The van der Waals surface area contributed by atoms with Crippen molar-refractivity contribution in [2.75, 3.05) is 0 Å². The molecule has 11 heavy (non-hydrogen) atoms. The Balaban J connectivity index is -0.00000000181. The monoisotopic (exact) mass is 236 g/mol. The van der Waals surface area contributed by atoms with Crippen LogP contribution in [0.1, 0.15) is 49.0 Å². The maximum absolute atomic E-state index is 2.12. The molecule has 72 valence electrons. The van der Waals surface area contributed by atoms with Gasteiger partial charge in [0, 0.05) is 41.1 Å². The van der Waals surface area contributed by atoms with Crippen molar-refractivity contribution in [2.45, 2.75) is 49.0 Å². The van der Waals surface area contributed by atoms with Crippen LogP contribution in [0.15, 0.2) is 0 Å². The minimum atomic E-state index is 0. The zero-order valence-electron chi connectivity index (χ0n) is 7.86. The topological polar surface area (TPSA) is 0 Å². The maximum Gasteiger partial charge on any atom is 0 e. The van der Waals surface area contributed by atoms with E-state index in [0.717, 1.165) is 0 Å². The van der Waals surface area contributed by atoms with E-state index in [1.165, 1.54) is 6.42 Å². The third-order valence-electron chi connectivity index (χ3n) is 0. The van der Waals surface area contributed by atoms with Crippen molar-refractivity contribution >= 4 is 8.41 Å². The van der Waals surface area contributed by atoms with Crippen molar-refractivity contribution in [3.63, 3.8) is 0 Å². The molecule has 0 heterocycles. The molecule has 0 aromatic rings. The van der Waals surface area contributed by atoms with Crippen LogP contribution >= 0.6 is 0 Å². The van der Waals surface area contributed by atoms with Gasteiger partial charge in [-0.05, 0) is 0 Å². The molecule has 0 aromatic carbocycles. The van der Waals surface area contributed by atoms with E-state index < -0.39 is 0 Å². The van der Waals surface area contributed by atoms with Gasteiger partial charge in [0.15, 0.2) is 0 Å². The van der Waals surface area contributed by atoms with E-state index >= 15 is 0 Å². The average Bonchev–Trinajstić information content (AvgIpc) is 1.46. The van der Waals surface area contributed by atoms with Gasteiger partial charge in [-0.25, -0.2) is 0 Å². The van der Waals surface area contributed by atoms with Gasteiger partial charge in [0.2, 0.25) is 0 Å². The first-order chi connectivity index (χ1) is 2.41. The van der Waals surface area contributed by atoms with Gasteiger partial charge >= 0.3 is 0 Å². The smallest absolute Gasteiger partial charge is 0 e. The Morgan fingerprint density at radius 1 is 0.818 bits per heavy atom. The molecule has 0 aliphatic heterocycles. The molecule has 0 amide bonds. The molecule has 0 atom stereocenters. The van der Waals surface area contributed by atoms with E-state index in [0.29, 0.717) is 0 Å². The van der Waals surface area contributed by atoms with E-state index in [-0.39, 0.29) is 70.8 Å². The molecular weight excluding hydrogens is 208 g/mol. The Labute approximate surface area is 104 Å². The molecular formula is C9H28BY-2. The standard InChI is InChI=1S/C3H8.C2H6.2CH4.2CH3.B.Y/c1-3-2;1-2;;;;;;/h3H2,1-2H3;1-2H3;2*1H4;2*1H3;;/q;;;;2*-1;;. The Hall–Kier alpha value is 1.17. The molecule has 0 saturated carbocycles. The quantitative estimate of drug-likeness (QED) is 0.436. The van der Waals surface area contributed by atoms with Crippen molar-refractivity contribution in [2.24, 2.45) is 0 Å². The van der Waals surface area contributed by atoms with Crippen LogP contribution in [0.4, 0.5) is 0 Å². The number of hydrogen-bond donors (Lipinski definition) is 0. The van der Waals surface area contributed by atoms with Crippen LogP contribution in [-0.4, -0.2) is 8.41 Å². The van der Waals surface area contributed by atoms with Gasteiger partial charge in [-0.1, -0.05) is 49.0 Å². The Morgan fingerprint density at radius 3 is 0.818 bits per heavy atom. The van der Waals surface area contributed by atoms with E-state index in [9.17, 15) is 0 Å². The molecule has 0 aromatic heterocycles. The van der Waals surface area contributed by atoms with E-state index in [1.807, 2.05) is 13.8 Å². The normalized spacial score (nSPS) is 2.18. The molecule has 0 aliphatic rings. The van der Waals surface area contributed by atoms with Crippen LogP contribution in [0.5, 0.6) is 0 Å². The zero-order valence-corrected chi connectivity index (χ0v) is 10.7. The van der Waals surface area contributed by atoms with Gasteiger partial charge in [0.25, 0.3) is 0 Å². The van der Waals surface area contributed by atoms with Crippen molar-refractivity contribution in [3.05, 3.63) is 14.9 Å². The Kier molecular flexibility index (Phi) is 1950.